The zero-order chi connectivity index (χ0) is 20.0. The minimum Gasteiger partial charge on any atom is -0.454 e. The van der Waals surface area contributed by atoms with E-state index in [0.29, 0.717) is 0 Å². The molecule has 0 radical (unpaired) electrons. The van der Waals surface area contributed by atoms with Crippen molar-refractivity contribution < 1.29 is 27.5 Å². The highest BCUT2D eigenvalue weighted by atomic mass is 32.2. The second kappa shape index (κ2) is 8.75. The van der Waals surface area contributed by atoms with E-state index in [2.05, 4.69) is 10.0 Å². The Hall–Kier alpha value is -2.76. The number of ether oxygens (including phenoxy) is 1. The van der Waals surface area contributed by atoms with Crippen LogP contribution in [0, 0.1) is 0 Å². The van der Waals surface area contributed by atoms with Gasteiger partial charge in [-0.15, -0.1) is 11.3 Å². The summed E-state index contributed by atoms with van der Waals surface area (Å²) in [5.41, 5.74) is 5.31. The van der Waals surface area contributed by atoms with E-state index in [4.69, 9.17) is 10.5 Å². The average molecular weight is 411 g/mol. The molecule has 2 rings (SSSR count). The van der Waals surface area contributed by atoms with Gasteiger partial charge in [-0.1, -0.05) is 18.2 Å². The SMILES string of the molecule is CC(NS(=O)(=O)c1ccccc1)C(=O)OCC(=O)Nc1sccc1C(N)=O. The summed E-state index contributed by atoms with van der Waals surface area (Å²) < 4.78 is 31.3. The van der Waals surface area contributed by atoms with Crippen molar-refractivity contribution >= 4 is 44.1 Å². The van der Waals surface area contributed by atoms with E-state index in [1.54, 1.807) is 23.6 Å². The Morgan fingerprint density at radius 1 is 1.19 bits per heavy atom. The molecule has 0 aliphatic heterocycles. The number of hydrogen-bond acceptors (Lipinski definition) is 7. The van der Waals surface area contributed by atoms with Crippen LogP contribution in [0.1, 0.15) is 17.3 Å². The number of benzene rings is 1. The van der Waals surface area contributed by atoms with E-state index < -0.39 is 40.5 Å². The third kappa shape index (κ3) is 5.61. The zero-order valence-corrected chi connectivity index (χ0v) is 15.8. The number of anilines is 1. The standard InChI is InChI=1S/C16H17N3O6S2/c1-10(19-27(23,24)11-5-3-2-4-6-11)16(22)25-9-13(20)18-15-12(14(17)21)7-8-26-15/h2-8,10,19H,9H2,1H3,(H2,17,21)(H,18,20). The van der Waals surface area contributed by atoms with E-state index in [1.165, 1.54) is 25.1 Å². The molecule has 1 aromatic carbocycles. The lowest BCUT2D eigenvalue weighted by Gasteiger charge is -2.13. The summed E-state index contributed by atoms with van der Waals surface area (Å²) in [6, 6.07) is 7.77. The molecule has 1 heterocycles. The van der Waals surface area contributed by atoms with Gasteiger partial charge in [0.1, 0.15) is 11.0 Å². The first-order valence-electron chi connectivity index (χ1n) is 7.62. The van der Waals surface area contributed by atoms with E-state index in [1.807, 2.05) is 0 Å². The number of nitrogens with two attached hydrogens (primary N) is 1. The molecule has 4 N–H and O–H groups in total. The van der Waals surface area contributed by atoms with Crippen molar-refractivity contribution in [3.63, 3.8) is 0 Å². The summed E-state index contributed by atoms with van der Waals surface area (Å²) in [6.45, 7) is 0.650. The molecule has 0 saturated heterocycles. The summed E-state index contributed by atoms with van der Waals surface area (Å²) in [5.74, 6) is -2.31. The fourth-order valence-electron chi connectivity index (χ4n) is 1.97. The van der Waals surface area contributed by atoms with Crippen molar-refractivity contribution in [1.82, 2.24) is 4.72 Å². The maximum atomic E-state index is 12.2. The van der Waals surface area contributed by atoms with Crippen molar-refractivity contribution in [2.75, 3.05) is 11.9 Å². The molecule has 144 valence electrons. The minimum atomic E-state index is -3.90. The van der Waals surface area contributed by atoms with Crippen molar-refractivity contribution in [2.45, 2.75) is 17.9 Å². The highest BCUT2D eigenvalue weighted by molar-refractivity contribution is 7.89. The second-order valence-electron chi connectivity index (χ2n) is 5.34. The maximum absolute atomic E-state index is 12.2. The second-order valence-corrected chi connectivity index (χ2v) is 7.97. The fourth-order valence-corrected chi connectivity index (χ4v) is 3.99. The van der Waals surface area contributed by atoms with E-state index in [9.17, 15) is 22.8 Å². The van der Waals surface area contributed by atoms with Crippen LogP contribution in [-0.2, 0) is 24.3 Å². The van der Waals surface area contributed by atoms with Gasteiger partial charge in [-0.2, -0.15) is 4.72 Å². The van der Waals surface area contributed by atoms with Gasteiger partial charge in [-0.05, 0) is 30.5 Å². The monoisotopic (exact) mass is 411 g/mol. The topological polar surface area (TPSA) is 145 Å². The minimum absolute atomic E-state index is 0.000862. The van der Waals surface area contributed by atoms with Crippen LogP contribution in [0.25, 0.3) is 0 Å². The molecule has 27 heavy (non-hydrogen) atoms. The first kappa shape index (κ1) is 20.6. The Kier molecular flexibility index (Phi) is 6.66. The molecule has 0 aliphatic rings. The molecular formula is C16H17N3O6S2. The van der Waals surface area contributed by atoms with Crippen molar-refractivity contribution in [2.24, 2.45) is 5.73 Å². The number of carbonyl (C=O) groups is 3. The van der Waals surface area contributed by atoms with E-state index >= 15 is 0 Å². The van der Waals surface area contributed by atoms with Crippen LogP contribution in [-0.4, -0.2) is 38.9 Å². The number of amides is 2. The molecule has 0 saturated carbocycles. The van der Waals surface area contributed by atoms with Gasteiger partial charge in [-0.25, -0.2) is 8.42 Å². The number of carbonyl (C=O) groups excluding carboxylic acids is 3. The van der Waals surface area contributed by atoms with Gasteiger partial charge in [0.2, 0.25) is 10.0 Å². The molecule has 0 fully saturated rings. The van der Waals surface area contributed by atoms with Crippen molar-refractivity contribution in [3.8, 4) is 0 Å². The van der Waals surface area contributed by atoms with Gasteiger partial charge in [0.25, 0.3) is 11.8 Å². The fraction of sp³-hybridized carbons (Fsp3) is 0.188. The lowest BCUT2D eigenvalue weighted by Crippen LogP contribution is -2.40. The van der Waals surface area contributed by atoms with Gasteiger partial charge in [-0.3, -0.25) is 14.4 Å². The largest absolute Gasteiger partial charge is 0.454 e. The molecule has 2 amide bonds. The van der Waals surface area contributed by atoms with Crippen molar-refractivity contribution in [3.05, 3.63) is 47.3 Å². The van der Waals surface area contributed by atoms with Gasteiger partial charge in [0, 0.05) is 0 Å². The van der Waals surface area contributed by atoms with Crippen LogP contribution in [0.15, 0.2) is 46.7 Å². The third-order valence-electron chi connectivity index (χ3n) is 3.27. The molecule has 1 atom stereocenters. The molecule has 1 unspecified atom stereocenters. The normalized spacial score (nSPS) is 12.2. The van der Waals surface area contributed by atoms with Crippen LogP contribution < -0.4 is 15.8 Å². The molecule has 0 bridgehead atoms. The quantitative estimate of drug-likeness (QED) is 0.545. The number of esters is 1. The number of nitrogens with one attached hydrogen (secondary N) is 2. The van der Waals surface area contributed by atoms with Crippen LogP contribution in [0.2, 0.25) is 0 Å². The van der Waals surface area contributed by atoms with Gasteiger partial charge >= 0.3 is 5.97 Å². The van der Waals surface area contributed by atoms with Crippen molar-refractivity contribution in [1.29, 1.82) is 0 Å². The van der Waals surface area contributed by atoms with Gasteiger partial charge < -0.3 is 15.8 Å². The smallest absolute Gasteiger partial charge is 0.324 e. The Morgan fingerprint density at radius 2 is 1.85 bits per heavy atom. The van der Waals surface area contributed by atoms with Crippen LogP contribution in [0.3, 0.4) is 0 Å². The summed E-state index contributed by atoms with van der Waals surface area (Å²) in [7, 11) is -3.90. The number of sulfonamides is 1. The predicted octanol–water partition coefficient (Wildman–Crippen LogP) is 0.696. The zero-order valence-electron chi connectivity index (χ0n) is 14.2. The maximum Gasteiger partial charge on any atom is 0.324 e. The molecule has 2 aromatic rings. The van der Waals surface area contributed by atoms with Crippen LogP contribution >= 0.6 is 11.3 Å². The molecule has 0 aliphatic carbocycles. The Labute approximate surface area is 159 Å². The number of rotatable bonds is 8. The first-order chi connectivity index (χ1) is 12.7. The van der Waals surface area contributed by atoms with Crippen LogP contribution in [0.5, 0.6) is 0 Å². The Balaban J connectivity index is 1.88. The third-order valence-corrected chi connectivity index (χ3v) is 5.65. The number of thiophene rings is 1. The molecule has 1 aromatic heterocycles. The molecular weight excluding hydrogens is 394 g/mol. The predicted molar refractivity (Wildman–Crippen MR) is 98.7 cm³/mol. The lowest BCUT2D eigenvalue weighted by atomic mass is 10.3. The average Bonchev–Trinajstić information content (AvgIpc) is 3.08. The van der Waals surface area contributed by atoms with Gasteiger partial charge in [0.15, 0.2) is 6.61 Å². The lowest BCUT2D eigenvalue weighted by molar-refractivity contribution is -0.148. The summed E-state index contributed by atoms with van der Waals surface area (Å²) in [6.07, 6.45) is 0. The number of hydrogen-bond donors (Lipinski definition) is 3. The Morgan fingerprint density at radius 3 is 2.48 bits per heavy atom. The number of primary amides is 1. The summed E-state index contributed by atoms with van der Waals surface area (Å²) in [4.78, 5) is 35.0. The highest BCUT2D eigenvalue weighted by Gasteiger charge is 2.23. The summed E-state index contributed by atoms with van der Waals surface area (Å²) in [5, 5.41) is 4.21. The Bertz CT molecular complexity index is 940. The van der Waals surface area contributed by atoms with E-state index in [-0.39, 0.29) is 15.5 Å². The van der Waals surface area contributed by atoms with E-state index in [0.717, 1.165) is 11.3 Å². The summed E-state index contributed by atoms with van der Waals surface area (Å²) >= 11 is 1.09. The molecule has 0 spiro atoms. The molecule has 9 nitrogen and oxygen atoms in total. The molecule has 11 heteroatoms. The highest BCUT2D eigenvalue weighted by Crippen LogP contribution is 2.22. The van der Waals surface area contributed by atoms with Gasteiger partial charge in [0.05, 0.1) is 10.5 Å². The van der Waals surface area contributed by atoms with Crippen LogP contribution in [0.4, 0.5) is 5.00 Å². The first-order valence-corrected chi connectivity index (χ1v) is 9.98.